The molecule has 1 aliphatic rings. The van der Waals surface area contributed by atoms with Crippen LogP contribution in [0.15, 0.2) is 24.5 Å². The normalized spacial score (nSPS) is 32.5. The number of carbonyl (C=O) groups is 1. The first kappa shape index (κ1) is 15.6. The van der Waals surface area contributed by atoms with Gasteiger partial charge in [0.05, 0.1) is 0 Å². The van der Waals surface area contributed by atoms with Crippen LogP contribution in [0.1, 0.15) is 0 Å². The van der Waals surface area contributed by atoms with Gasteiger partial charge in [-0.05, 0) is 12.1 Å². The molecule has 1 aromatic rings. The van der Waals surface area contributed by atoms with Crippen LogP contribution in [0.3, 0.4) is 0 Å². The second-order valence-electron chi connectivity index (χ2n) is 4.50. The van der Waals surface area contributed by atoms with Crippen molar-refractivity contribution in [3.8, 4) is 0 Å². The molecule has 0 aromatic carbocycles. The Bertz CT molecular complexity index is 472. The Kier molecular flexibility index (Phi) is 5.04. The summed E-state index contributed by atoms with van der Waals surface area (Å²) in [7, 11) is 0. The highest BCUT2D eigenvalue weighted by atomic mass is 16.7. The molecule has 1 aliphatic heterocycles. The molecule has 1 amide bonds. The fourth-order valence-electron chi connectivity index (χ4n) is 1.82. The van der Waals surface area contributed by atoms with Gasteiger partial charge in [0.1, 0.15) is 31.0 Å². The molecule has 5 atom stereocenters. The summed E-state index contributed by atoms with van der Waals surface area (Å²) in [6.45, 7) is -0.404. The third kappa shape index (κ3) is 3.86. The minimum absolute atomic E-state index is 0.404. The number of aliphatic hydroxyl groups is 4. The monoisotopic (exact) mass is 300 g/mol. The van der Waals surface area contributed by atoms with Crippen LogP contribution in [-0.4, -0.2) is 68.8 Å². The van der Waals surface area contributed by atoms with E-state index in [0.29, 0.717) is 5.69 Å². The van der Waals surface area contributed by atoms with Gasteiger partial charge >= 0.3 is 6.09 Å². The number of hydrogen-bond acceptors (Lipinski definition) is 8. The van der Waals surface area contributed by atoms with Gasteiger partial charge in [-0.3, -0.25) is 10.3 Å². The van der Waals surface area contributed by atoms with Crippen molar-refractivity contribution in [3.05, 3.63) is 24.5 Å². The predicted molar refractivity (Wildman–Crippen MR) is 68.1 cm³/mol. The van der Waals surface area contributed by atoms with Crippen LogP contribution in [0, 0.1) is 0 Å². The zero-order valence-electron chi connectivity index (χ0n) is 10.9. The minimum atomic E-state index is -1.67. The Balaban J connectivity index is 1.83. The Labute approximate surface area is 119 Å². The van der Waals surface area contributed by atoms with Gasteiger partial charge < -0.3 is 29.9 Å². The summed E-state index contributed by atoms with van der Waals surface area (Å²) in [4.78, 5) is 15.3. The average Bonchev–Trinajstić information content (AvgIpc) is 2.48. The first-order chi connectivity index (χ1) is 9.99. The lowest BCUT2D eigenvalue weighted by atomic mass is 9.99. The van der Waals surface area contributed by atoms with E-state index >= 15 is 0 Å². The Morgan fingerprint density at radius 3 is 2.52 bits per heavy atom. The standard InChI is InChI=1S/C12H16N2O7/c15-8-7(21-11(18)10(17)9(8)16)5-20-12(19)14-6-1-3-13-4-2-6/h1-4,7-11,15-18H,5H2,(H,13,14,19)/t7-,8+,9+,10-,11+/m1/s1. The van der Waals surface area contributed by atoms with Crippen LogP contribution in [-0.2, 0) is 9.47 Å². The summed E-state index contributed by atoms with van der Waals surface area (Å²) in [6, 6.07) is 3.11. The number of nitrogens with one attached hydrogen (secondary N) is 1. The van der Waals surface area contributed by atoms with Crippen molar-refractivity contribution in [2.45, 2.75) is 30.7 Å². The van der Waals surface area contributed by atoms with Gasteiger partial charge in [-0.2, -0.15) is 0 Å². The Morgan fingerprint density at radius 1 is 1.19 bits per heavy atom. The number of ether oxygens (including phenoxy) is 2. The zero-order chi connectivity index (χ0) is 15.4. The maximum Gasteiger partial charge on any atom is 0.411 e. The third-order valence-corrected chi connectivity index (χ3v) is 2.99. The largest absolute Gasteiger partial charge is 0.446 e. The Morgan fingerprint density at radius 2 is 1.86 bits per heavy atom. The molecule has 9 nitrogen and oxygen atoms in total. The first-order valence-corrected chi connectivity index (χ1v) is 6.20. The fraction of sp³-hybridized carbons (Fsp3) is 0.500. The molecule has 0 saturated carbocycles. The molecule has 1 aromatic heterocycles. The van der Waals surface area contributed by atoms with Gasteiger partial charge in [0.2, 0.25) is 0 Å². The molecule has 2 heterocycles. The van der Waals surface area contributed by atoms with Crippen LogP contribution in [0.2, 0.25) is 0 Å². The van der Waals surface area contributed by atoms with Crippen molar-refractivity contribution < 1.29 is 34.7 Å². The lowest BCUT2D eigenvalue weighted by Gasteiger charge is -2.37. The number of nitrogens with zero attached hydrogens (tertiary/aromatic N) is 1. The van der Waals surface area contributed by atoms with Gasteiger partial charge in [0, 0.05) is 18.1 Å². The SMILES string of the molecule is O=C(Nc1ccncc1)OC[C@H]1O[C@H](O)[C@H](O)[C@@H](O)[C@H]1O. The molecule has 0 aliphatic carbocycles. The summed E-state index contributed by atoms with van der Waals surface area (Å²) in [5.74, 6) is 0. The van der Waals surface area contributed by atoms with Gasteiger partial charge in [-0.1, -0.05) is 0 Å². The number of pyridine rings is 1. The number of anilines is 1. The van der Waals surface area contributed by atoms with E-state index in [9.17, 15) is 25.2 Å². The number of aliphatic hydroxyl groups excluding tert-OH is 4. The van der Waals surface area contributed by atoms with Crippen molar-refractivity contribution >= 4 is 11.8 Å². The molecule has 5 N–H and O–H groups in total. The lowest BCUT2D eigenvalue weighted by molar-refractivity contribution is -0.286. The quantitative estimate of drug-likeness (QED) is 0.451. The van der Waals surface area contributed by atoms with Crippen LogP contribution in [0.4, 0.5) is 10.5 Å². The lowest BCUT2D eigenvalue weighted by Crippen LogP contribution is -2.58. The molecule has 0 radical (unpaired) electrons. The fourth-order valence-corrected chi connectivity index (χ4v) is 1.82. The number of aromatic nitrogens is 1. The van der Waals surface area contributed by atoms with Crippen molar-refractivity contribution in [2.75, 3.05) is 11.9 Å². The van der Waals surface area contributed by atoms with Crippen LogP contribution in [0.5, 0.6) is 0 Å². The highest BCUT2D eigenvalue weighted by Gasteiger charge is 2.43. The van der Waals surface area contributed by atoms with Gasteiger partial charge in [0.25, 0.3) is 0 Å². The topological polar surface area (TPSA) is 141 Å². The molecule has 21 heavy (non-hydrogen) atoms. The molecule has 0 spiro atoms. The number of carbonyl (C=O) groups excluding carboxylic acids is 1. The maximum absolute atomic E-state index is 11.5. The van der Waals surface area contributed by atoms with Crippen LogP contribution >= 0.6 is 0 Å². The molecular weight excluding hydrogens is 284 g/mol. The van der Waals surface area contributed by atoms with Gasteiger partial charge in [-0.15, -0.1) is 0 Å². The minimum Gasteiger partial charge on any atom is -0.446 e. The first-order valence-electron chi connectivity index (χ1n) is 6.20. The summed E-state index contributed by atoms with van der Waals surface area (Å²) in [5.41, 5.74) is 0.468. The highest BCUT2D eigenvalue weighted by molar-refractivity contribution is 5.84. The van der Waals surface area contributed by atoms with Gasteiger partial charge in [0.15, 0.2) is 6.29 Å². The summed E-state index contributed by atoms with van der Waals surface area (Å²) in [5, 5.41) is 40.2. The zero-order valence-corrected chi connectivity index (χ0v) is 10.9. The summed E-state index contributed by atoms with van der Waals surface area (Å²) in [6.07, 6.45) is -5.35. The predicted octanol–water partition coefficient (Wildman–Crippen LogP) is -1.57. The van der Waals surface area contributed by atoms with E-state index in [1.807, 2.05) is 0 Å². The van der Waals surface area contributed by atoms with E-state index in [-0.39, 0.29) is 0 Å². The van der Waals surface area contributed by atoms with Gasteiger partial charge in [-0.25, -0.2) is 4.79 Å². The molecule has 1 fully saturated rings. The van der Waals surface area contributed by atoms with E-state index in [0.717, 1.165) is 0 Å². The second kappa shape index (κ2) is 6.78. The third-order valence-electron chi connectivity index (χ3n) is 2.99. The molecule has 9 heteroatoms. The van der Waals surface area contributed by atoms with E-state index in [2.05, 4.69) is 10.3 Å². The molecular formula is C12H16N2O7. The summed E-state index contributed by atoms with van der Waals surface area (Å²) >= 11 is 0. The van der Waals surface area contributed by atoms with E-state index in [4.69, 9.17) is 9.47 Å². The van der Waals surface area contributed by atoms with Crippen molar-refractivity contribution in [3.63, 3.8) is 0 Å². The van der Waals surface area contributed by atoms with Crippen LogP contribution in [0.25, 0.3) is 0 Å². The number of rotatable bonds is 3. The molecule has 0 unspecified atom stereocenters. The average molecular weight is 300 g/mol. The smallest absolute Gasteiger partial charge is 0.411 e. The van der Waals surface area contributed by atoms with Crippen LogP contribution < -0.4 is 5.32 Å². The molecule has 116 valence electrons. The van der Waals surface area contributed by atoms with Crippen molar-refractivity contribution in [2.24, 2.45) is 0 Å². The van der Waals surface area contributed by atoms with Crippen molar-refractivity contribution in [1.82, 2.24) is 4.98 Å². The molecule has 0 bridgehead atoms. The molecule has 2 rings (SSSR count). The Hall–Kier alpha value is -1.78. The van der Waals surface area contributed by atoms with E-state index in [1.165, 1.54) is 12.4 Å². The second-order valence-corrected chi connectivity index (χ2v) is 4.50. The molecule has 1 saturated heterocycles. The van der Waals surface area contributed by atoms with E-state index in [1.54, 1.807) is 12.1 Å². The maximum atomic E-state index is 11.5. The highest BCUT2D eigenvalue weighted by Crippen LogP contribution is 2.20. The summed E-state index contributed by atoms with van der Waals surface area (Å²) < 4.78 is 9.69. The van der Waals surface area contributed by atoms with E-state index < -0.39 is 43.4 Å². The number of amides is 1. The van der Waals surface area contributed by atoms with Crippen molar-refractivity contribution in [1.29, 1.82) is 0 Å². The number of hydrogen-bond donors (Lipinski definition) is 5.